The minimum Gasteiger partial charge on any atom is -0.364 e. The Morgan fingerprint density at radius 2 is 1.05 bits per heavy atom. The van der Waals surface area contributed by atoms with E-state index in [4.69, 9.17) is 9.47 Å². The van der Waals surface area contributed by atoms with Crippen molar-refractivity contribution in [1.29, 1.82) is 0 Å². The van der Waals surface area contributed by atoms with Crippen LogP contribution >= 0.6 is 0 Å². The van der Waals surface area contributed by atoms with Crippen molar-refractivity contribution in [1.82, 2.24) is 0 Å². The van der Waals surface area contributed by atoms with Crippen LogP contribution in [-0.2, 0) is 9.47 Å². The van der Waals surface area contributed by atoms with Crippen LogP contribution in [0.3, 0.4) is 0 Å². The van der Waals surface area contributed by atoms with Gasteiger partial charge in [0, 0.05) is 22.3 Å². The van der Waals surface area contributed by atoms with Crippen LogP contribution in [0.2, 0.25) is 0 Å². The van der Waals surface area contributed by atoms with Crippen LogP contribution < -0.4 is 0 Å². The smallest absolute Gasteiger partial charge is 0.185 e. The van der Waals surface area contributed by atoms with Crippen molar-refractivity contribution < 1.29 is 29.9 Å². The summed E-state index contributed by atoms with van der Waals surface area (Å²) in [5, 5.41) is 41.8. The molecule has 0 fully saturated rings. The van der Waals surface area contributed by atoms with E-state index in [-0.39, 0.29) is 0 Å². The fourth-order valence-electron chi connectivity index (χ4n) is 3.58. The molecular formula is C16H16O6. The fraction of sp³-hybridized carbons (Fsp3) is 0.375. The Balaban J connectivity index is 2.25. The fourth-order valence-corrected chi connectivity index (χ4v) is 3.58. The zero-order valence-electron chi connectivity index (χ0n) is 12.1. The van der Waals surface area contributed by atoms with Crippen LogP contribution in [0.1, 0.15) is 58.5 Å². The number of ether oxygens (including phenoxy) is 2. The Kier molecular flexibility index (Phi) is 2.87. The Labute approximate surface area is 126 Å². The summed E-state index contributed by atoms with van der Waals surface area (Å²) in [6.45, 7) is 3.58. The van der Waals surface area contributed by atoms with Crippen molar-refractivity contribution in [3.8, 4) is 0 Å². The SMILES string of the molecule is Cc1cc2c3c(c(C)cc4c3c1C(O)OC4O)C(O)OC2O. The summed E-state index contributed by atoms with van der Waals surface area (Å²) < 4.78 is 10.4. The molecular weight excluding hydrogens is 288 g/mol. The maximum Gasteiger partial charge on any atom is 0.185 e. The Hall–Kier alpha value is -1.54. The number of rotatable bonds is 0. The lowest BCUT2D eigenvalue weighted by atomic mass is 9.84. The monoisotopic (exact) mass is 304 g/mol. The first-order chi connectivity index (χ1) is 10.4. The maximum absolute atomic E-state index is 10.2. The zero-order chi connectivity index (χ0) is 15.8. The third kappa shape index (κ3) is 1.65. The molecule has 0 aromatic heterocycles. The van der Waals surface area contributed by atoms with Gasteiger partial charge in [-0.15, -0.1) is 0 Å². The van der Waals surface area contributed by atoms with E-state index in [0.717, 1.165) is 11.1 Å². The van der Waals surface area contributed by atoms with E-state index in [0.29, 0.717) is 33.0 Å². The van der Waals surface area contributed by atoms with Gasteiger partial charge >= 0.3 is 0 Å². The average molecular weight is 304 g/mol. The Bertz CT molecular complexity index is 732. The van der Waals surface area contributed by atoms with Gasteiger partial charge < -0.3 is 29.9 Å². The predicted octanol–water partition coefficient (Wildman–Crippen LogP) is 1.48. The van der Waals surface area contributed by atoms with Gasteiger partial charge in [0.2, 0.25) is 0 Å². The number of aryl methyl sites for hydroxylation is 2. The molecule has 116 valence electrons. The minimum absolute atomic E-state index is 0.516. The lowest BCUT2D eigenvalue weighted by Crippen LogP contribution is -2.23. The summed E-state index contributed by atoms with van der Waals surface area (Å²) in [5.74, 6) is 0. The molecule has 0 radical (unpaired) electrons. The molecule has 4 rings (SSSR count). The van der Waals surface area contributed by atoms with Gasteiger partial charge in [0.15, 0.2) is 25.2 Å². The van der Waals surface area contributed by atoms with E-state index in [1.54, 1.807) is 26.0 Å². The molecule has 0 saturated carbocycles. The first-order valence-electron chi connectivity index (χ1n) is 7.04. The largest absolute Gasteiger partial charge is 0.364 e. The summed E-state index contributed by atoms with van der Waals surface area (Å²) in [6.07, 6.45) is -5.04. The Morgan fingerprint density at radius 1 is 0.682 bits per heavy atom. The lowest BCUT2D eigenvalue weighted by Gasteiger charge is -2.35. The number of hydrogen-bond donors (Lipinski definition) is 4. The number of aliphatic hydroxyl groups excluding tert-OH is 4. The van der Waals surface area contributed by atoms with Crippen LogP contribution in [0.15, 0.2) is 12.1 Å². The average Bonchev–Trinajstić information content (AvgIpc) is 2.43. The van der Waals surface area contributed by atoms with Gasteiger partial charge in [-0.2, -0.15) is 0 Å². The molecule has 0 aliphatic carbocycles. The molecule has 0 saturated heterocycles. The summed E-state index contributed by atoms with van der Waals surface area (Å²) in [4.78, 5) is 0. The standard InChI is InChI=1S/C16H16O6/c1-5-3-7-12-10(16(20)22-13(7)17)6(2)4-8-11(12)9(5)15(19)21-14(8)18/h3-4,13-20H,1-2H3. The van der Waals surface area contributed by atoms with Gasteiger partial charge in [-0.3, -0.25) is 0 Å². The van der Waals surface area contributed by atoms with Gasteiger partial charge in [0.1, 0.15) is 0 Å². The van der Waals surface area contributed by atoms with Crippen molar-refractivity contribution >= 4 is 10.8 Å². The van der Waals surface area contributed by atoms with E-state index in [1.165, 1.54) is 0 Å². The molecule has 0 spiro atoms. The van der Waals surface area contributed by atoms with Gasteiger partial charge in [-0.05, 0) is 47.9 Å². The van der Waals surface area contributed by atoms with Crippen molar-refractivity contribution in [2.45, 2.75) is 39.0 Å². The molecule has 22 heavy (non-hydrogen) atoms. The van der Waals surface area contributed by atoms with E-state index in [9.17, 15) is 20.4 Å². The summed E-state index contributed by atoms with van der Waals surface area (Å²) in [5.41, 5.74) is 3.56. The van der Waals surface area contributed by atoms with Crippen LogP contribution in [-0.4, -0.2) is 20.4 Å². The normalized spacial score (nSPS) is 29.9. The first kappa shape index (κ1) is 14.1. The number of benzene rings is 2. The van der Waals surface area contributed by atoms with Crippen LogP contribution in [0.5, 0.6) is 0 Å². The third-order valence-electron chi connectivity index (χ3n) is 4.50. The molecule has 4 atom stereocenters. The van der Waals surface area contributed by atoms with Crippen molar-refractivity contribution in [3.63, 3.8) is 0 Å². The third-order valence-corrected chi connectivity index (χ3v) is 4.50. The highest BCUT2D eigenvalue weighted by Gasteiger charge is 2.36. The van der Waals surface area contributed by atoms with E-state index in [1.807, 2.05) is 0 Å². The molecule has 2 aromatic rings. The predicted molar refractivity (Wildman–Crippen MR) is 75.4 cm³/mol. The summed E-state index contributed by atoms with van der Waals surface area (Å²) >= 11 is 0. The quantitative estimate of drug-likeness (QED) is 0.588. The van der Waals surface area contributed by atoms with E-state index < -0.39 is 25.2 Å². The second kappa shape index (κ2) is 4.48. The molecule has 4 N–H and O–H groups in total. The highest BCUT2D eigenvalue weighted by molar-refractivity contribution is 5.97. The maximum atomic E-state index is 10.2. The van der Waals surface area contributed by atoms with Gasteiger partial charge in [-0.25, -0.2) is 0 Å². The number of hydrogen-bond acceptors (Lipinski definition) is 6. The van der Waals surface area contributed by atoms with Crippen LogP contribution in [0, 0.1) is 13.8 Å². The molecule has 4 unspecified atom stereocenters. The Morgan fingerprint density at radius 3 is 1.41 bits per heavy atom. The lowest BCUT2D eigenvalue weighted by molar-refractivity contribution is -0.222. The molecule has 6 nitrogen and oxygen atoms in total. The summed E-state index contributed by atoms with van der Waals surface area (Å²) in [6, 6.07) is 3.43. The highest BCUT2D eigenvalue weighted by Crippen LogP contribution is 2.49. The molecule has 2 heterocycles. The van der Waals surface area contributed by atoms with E-state index in [2.05, 4.69) is 0 Å². The van der Waals surface area contributed by atoms with Gasteiger partial charge in [0.25, 0.3) is 0 Å². The molecule has 2 aromatic carbocycles. The van der Waals surface area contributed by atoms with Crippen LogP contribution in [0.25, 0.3) is 10.8 Å². The topological polar surface area (TPSA) is 99.4 Å². The molecule has 0 amide bonds. The first-order valence-corrected chi connectivity index (χ1v) is 7.04. The van der Waals surface area contributed by atoms with Crippen molar-refractivity contribution in [2.24, 2.45) is 0 Å². The molecule has 2 aliphatic heterocycles. The minimum atomic E-state index is -1.26. The highest BCUT2D eigenvalue weighted by atomic mass is 16.7. The molecule has 0 bridgehead atoms. The summed E-state index contributed by atoms with van der Waals surface area (Å²) in [7, 11) is 0. The zero-order valence-corrected chi connectivity index (χ0v) is 12.1. The van der Waals surface area contributed by atoms with Crippen LogP contribution in [0.4, 0.5) is 0 Å². The van der Waals surface area contributed by atoms with E-state index >= 15 is 0 Å². The molecule has 2 aliphatic rings. The van der Waals surface area contributed by atoms with Crippen molar-refractivity contribution in [3.05, 3.63) is 45.5 Å². The van der Waals surface area contributed by atoms with Gasteiger partial charge in [0.05, 0.1) is 0 Å². The second-order valence-corrected chi connectivity index (χ2v) is 5.82. The molecule has 6 heteroatoms. The second-order valence-electron chi connectivity index (χ2n) is 5.82. The number of aliphatic hydroxyl groups is 4. The van der Waals surface area contributed by atoms with Gasteiger partial charge in [-0.1, -0.05) is 0 Å². The van der Waals surface area contributed by atoms with Crippen molar-refractivity contribution in [2.75, 3.05) is 0 Å².